The molecule has 3 aromatic carbocycles. The topological polar surface area (TPSA) is 82.1 Å². The van der Waals surface area contributed by atoms with E-state index < -0.39 is 16.1 Å². The maximum atomic E-state index is 13.8. The van der Waals surface area contributed by atoms with E-state index in [0.29, 0.717) is 34.2 Å². The molecule has 1 aliphatic heterocycles. The van der Waals surface area contributed by atoms with Crippen molar-refractivity contribution in [3.8, 4) is 11.5 Å². The molecule has 3 aromatic rings. The van der Waals surface area contributed by atoms with Crippen LogP contribution >= 0.6 is 11.6 Å². The third-order valence-electron chi connectivity index (χ3n) is 6.07. The third kappa shape index (κ3) is 5.92. The van der Waals surface area contributed by atoms with Crippen molar-refractivity contribution in [3.05, 3.63) is 82.4 Å². The first-order valence-corrected chi connectivity index (χ1v) is 13.5. The van der Waals surface area contributed by atoms with Gasteiger partial charge in [-0.15, -0.1) is 0 Å². The lowest BCUT2D eigenvalue weighted by Crippen LogP contribution is -2.43. The molecule has 0 aromatic heterocycles. The van der Waals surface area contributed by atoms with E-state index in [9.17, 15) is 13.2 Å². The Bertz CT molecular complexity index is 1440. The van der Waals surface area contributed by atoms with Crippen molar-refractivity contribution in [2.75, 3.05) is 25.1 Å². The summed E-state index contributed by atoms with van der Waals surface area (Å²) in [5, 5.41) is 0.536. The molecule has 0 saturated carbocycles. The van der Waals surface area contributed by atoms with Crippen LogP contribution in [0.4, 0.5) is 5.69 Å². The molecule has 1 heterocycles. The number of methoxy groups -OCH3 is 2. The summed E-state index contributed by atoms with van der Waals surface area (Å²) >= 11 is 6.36. The third-order valence-corrected chi connectivity index (χ3v) is 8.17. The number of aryl methyl sites for hydroxylation is 1. The molecule has 1 aliphatic rings. The molecule has 0 radical (unpaired) electrons. The van der Waals surface area contributed by atoms with Gasteiger partial charge >= 0.3 is 5.97 Å². The van der Waals surface area contributed by atoms with E-state index in [-0.39, 0.29) is 23.8 Å². The first-order chi connectivity index (χ1) is 17.7. The summed E-state index contributed by atoms with van der Waals surface area (Å²) < 4.78 is 45.2. The molecule has 0 fully saturated rings. The number of hydrogen-bond donors (Lipinski definition) is 0. The van der Waals surface area contributed by atoms with Crippen LogP contribution in [-0.4, -0.2) is 41.3 Å². The lowest BCUT2D eigenvalue weighted by molar-refractivity contribution is -0.141. The van der Waals surface area contributed by atoms with Crippen molar-refractivity contribution in [2.45, 2.75) is 30.8 Å². The number of carbonyl (C=O) groups excluding carboxylic acids is 1. The average molecular weight is 542 g/mol. The number of hydrogen-bond acceptors (Lipinski definition) is 6. The summed E-state index contributed by atoms with van der Waals surface area (Å²) in [6, 6.07) is 17.5. The van der Waals surface area contributed by atoms with E-state index in [2.05, 4.69) is 0 Å². The van der Waals surface area contributed by atoms with Gasteiger partial charge in [0.25, 0.3) is 10.0 Å². The zero-order chi connectivity index (χ0) is 26.6. The Kier molecular flexibility index (Phi) is 8.10. The maximum absolute atomic E-state index is 13.8. The summed E-state index contributed by atoms with van der Waals surface area (Å²) in [6.07, 6.45) is 3.59. The molecule has 1 atom stereocenters. The molecule has 4 rings (SSSR count). The first-order valence-electron chi connectivity index (χ1n) is 11.7. The van der Waals surface area contributed by atoms with Crippen molar-refractivity contribution in [2.24, 2.45) is 0 Å². The smallest absolute Gasteiger partial charge is 0.305 e. The molecule has 0 N–H and O–H groups in total. The second-order valence-corrected chi connectivity index (χ2v) is 10.9. The van der Waals surface area contributed by atoms with Gasteiger partial charge in [-0.3, -0.25) is 9.10 Å². The number of esters is 1. The number of benzene rings is 3. The second kappa shape index (κ2) is 11.3. The van der Waals surface area contributed by atoms with E-state index in [1.54, 1.807) is 49.6 Å². The van der Waals surface area contributed by atoms with Crippen molar-refractivity contribution >= 4 is 45.4 Å². The lowest BCUT2D eigenvalue weighted by Gasteiger charge is -2.35. The molecule has 0 unspecified atom stereocenters. The van der Waals surface area contributed by atoms with Crippen molar-refractivity contribution in [1.29, 1.82) is 0 Å². The number of sulfonamides is 1. The molecule has 37 heavy (non-hydrogen) atoms. The van der Waals surface area contributed by atoms with Gasteiger partial charge in [0.2, 0.25) is 0 Å². The highest BCUT2D eigenvalue weighted by atomic mass is 35.5. The fourth-order valence-corrected chi connectivity index (χ4v) is 5.96. The highest BCUT2D eigenvalue weighted by Crippen LogP contribution is 2.39. The number of nitrogens with zero attached hydrogens (tertiary/aromatic N) is 1. The number of rotatable bonds is 8. The number of carbonyl (C=O) groups is 1. The zero-order valence-electron chi connectivity index (χ0n) is 20.8. The van der Waals surface area contributed by atoms with E-state index in [4.69, 9.17) is 25.8 Å². The first kappa shape index (κ1) is 26.6. The highest BCUT2D eigenvalue weighted by Gasteiger charge is 2.35. The minimum absolute atomic E-state index is 0.0613. The van der Waals surface area contributed by atoms with Gasteiger partial charge in [0.15, 0.2) is 0 Å². The molecular formula is C28H28ClNO6S. The minimum Gasteiger partial charge on any atom is -0.496 e. The Balaban J connectivity index is 1.73. The Hall–Kier alpha value is -3.49. The van der Waals surface area contributed by atoms with Crippen LogP contribution in [0, 0.1) is 6.92 Å². The van der Waals surface area contributed by atoms with Gasteiger partial charge < -0.3 is 14.2 Å². The number of fused-ring (bicyclic) bond motifs is 1. The summed E-state index contributed by atoms with van der Waals surface area (Å²) in [7, 11) is -1.01. The molecule has 9 heteroatoms. The van der Waals surface area contributed by atoms with Gasteiger partial charge in [-0.2, -0.15) is 0 Å². The normalized spacial score (nSPS) is 15.2. The summed E-state index contributed by atoms with van der Waals surface area (Å²) in [5.41, 5.74) is 2.72. The summed E-state index contributed by atoms with van der Waals surface area (Å²) in [5.74, 6) is 0.671. The lowest BCUT2D eigenvalue weighted by atomic mass is 10.1. The van der Waals surface area contributed by atoms with Crippen LogP contribution in [0.25, 0.3) is 12.2 Å². The predicted molar refractivity (Wildman–Crippen MR) is 145 cm³/mol. The second-order valence-electron chi connectivity index (χ2n) is 8.62. The fourth-order valence-electron chi connectivity index (χ4n) is 4.13. The molecule has 0 spiro atoms. The monoisotopic (exact) mass is 541 g/mol. The highest BCUT2D eigenvalue weighted by molar-refractivity contribution is 7.92. The molecule has 0 aliphatic carbocycles. The Morgan fingerprint density at radius 3 is 2.62 bits per heavy atom. The Morgan fingerprint density at radius 2 is 1.89 bits per heavy atom. The molecule has 194 valence electrons. The SMILES string of the molecule is COC(=O)CC[C@H]1CN(S(=O)(=O)c2cccc(C)c2)c2cc(/C=C/c3c(Cl)cccc3OC)ccc2O1. The maximum Gasteiger partial charge on any atom is 0.305 e. The summed E-state index contributed by atoms with van der Waals surface area (Å²) in [6.45, 7) is 1.91. The molecule has 0 bridgehead atoms. The van der Waals surface area contributed by atoms with Gasteiger partial charge in [0.1, 0.15) is 17.6 Å². The van der Waals surface area contributed by atoms with Crippen LogP contribution in [0.2, 0.25) is 5.02 Å². The van der Waals surface area contributed by atoms with Gasteiger partial charge in [-0.05, 0) is 66.9 Å². The van der Waals surface area contributed by atoms with Crippen molar-refractivity contribution in [1.82, 2.24) is 0 Å². The number of anilines is 1. The van der Waals surface area contributed by atoms with E-state index >= 15 is 0 Å². The molecule has 0 saturated heterocycles. The standard InChI is InChI=1S/C28H28ClNO6S/c1-19-6-4-7-22(16-19)37(32,33)30-18-21(12-15-28(31)35-3)36-27-14-11-20(17-25(27)30)10-13-23-24(29)8-5-9-26(23)34-2/h4-11,13-14,16-17,21H,12,15,18H2,1-3H3/b13-10+/t21-/m0/s1. The van der Waals surface area contributed by atoms with Crippen LogP contribution in [0.15, 0.2) is 65.6 Å². The molecule has 0 amide bonds. The largest absolute Gasteiger partial charge is 0.496 e. The van der Waals surface area contributed by atoms with Crippen LogP contribution < -0.4 is 13.8 Å². The average Bonchev–Trinajstić information content (AvgIpc) is 2.90. The van der Waals surface area contributed by atoms with E-state index in [0.717, 1.165) is 11.1 Å². The van der Waals surface area contributed by atoms with E-state index in [1.807, 2.05) is 37.3 Å². The fraction of sp³-hybridized carbons (Fsp3) is 0.250. The Labute approximate surface area is 222 Å². The number of halogens is 1. The van der Waals surface area contributed by atoms with Crippen LogP contribution in [-0.2, 0) is 19.6 Å². The number of ether oxygens (including phenoxy) is 3. The minimum atomic E-state index is -3.90. The van der Waals surface area contributed by atoms with Crippen molar-refractivity contribution < 1.29 is 27.4 Å². The Morgan fingerprint density at radius 1 is 1.11 bits per heavy atom. The van der Waals surface area contributed by atoms with Crippen LogP contribution in [0.1, 0.15) is 29.5 Å². The molecular weight excluding hydrogens is 514 g/mol. The van der Waals surface area contributed by atoms with Crippen LogP contribution in [0.5, 0.6) is 11.5 Å². The zero-order valence-corrected chi connectivity index (χ0v) is 22.4. The van der Waals surface area contributed by atoms with E-state index in [1.165, 1.54) is 11.4 Å². The predicted octanol–water partition coefficient (Wildman–Crippen LogP) is 5.74. The van der Waals surface area contributed by atoms with Gasteiger partial charge in [-0.1, -0.05) is 41.9 Å². The van der Waals surface area contributed by atoms with Gasteiger partial charge in [-0.25, -0.2) is 8.42 Å². The van der Waals surface area contributed by atoms with Crippen LogP contribution in [0.3, 0.4) is 0 Å². The quantitative estimate of drug-likeness (QED) is 0.267. The summed E-state index contributed by atoms with van der Waals surface area (Å²) in [4.78, 5) is 11.9. The van der Waals surface area contributed by atoms with Gasteiger partial charge in [0, 0.05) is 12.0 Å². The van der Waals surface area contributed by atoms with Gasteiger partial charge in [0.05, 0.1) is 36.4 Å². The molecule has 7 nitrogen and oxygen atoms in total. The van der Waals surface area contributed by atoms with Crippen molar-refractivity contribution in [3.63, 3.8) is 0 Å².